The van der Waals surface area contributed by atoms with Crippen LogP contribution in [0.1, 0.15) is 55.4 Å². The van der Waals surface area contributed by atoms with E-state index in [1.807, 2.05) is 43.6 Å². The minimum absolute atomic E-state index is 0.111. The van der Waals surface area contributed by atoms with Crippen molar-refractivity contribution in [2.45, 2.75) is 44.9 Å². The van der Waals surface area contributed by atoms with Gasteiger partial charge in [0.1, 0.15) is 0 Å². The molecule has 0 saturated heterocycles. The lowest BCUT2D eigenvalue weighted by Gasteiger charge is -2.29. The van der Waals surface area contributed by atoms with Crippen LogP contribution in [0.5, 0.6) is 0 Å². The molecule has 29 heavy (non-hydrogen) atoms. The first-order valence-corrected chi connectivity index (χ1v) is 11.0. The summed E-state index contributed by atoms with van der Waals surface area (Å²) in [6.07, 6.45) is 9.10. The number of carbonyl (C=O) groups excluding carboxylic acids is 1. The van der Waals surface area contributed by atoms with Gasteiger partial charge in [0.15, 0.2) is 0 Å². The van der Waals surface area contributed by atoms with Crippen molar-refractivity contribution >= 4 is 27.4 Å². The lowest BCUT2D eigenvalue weighted by molar-refractivity contribution is -0.143. The second-order valence-electron chi connectivity index (χ2n) is 7.68. The van der Waals surface area contributed by atoms with Crippen molar-refractivity contribution in [1.82, 2.24) is 4.98 Å². The molecule has 0 bridgehead atoms. The Kier molecular flexibility index (Phi) is 5.92. The first kappa shape index (κ1) is 19.6. The fourth-order valence-electron chi connectivity index (χ4n) is 3.97. The molecule has 1 saturated carbocycles. The zero-order valence-electron chi connectivity index (χ0n) is 16.6. The minimum atomic E-state index is -0.111. The smallest absolute Gasteiger partial charge is 0.306 e. The molecule has 4 rings (SSSR count). The number of carbonyl (C=O) groups is 1. The number of nitriles is 1. The molecule has 1 aliphatic rings. The molecule has 1 aliphatic carbocycles. The number of thiophene rings is 1. The van der Waals surface area contributed by atoms with Crippen LogP contribution < -0.4 is 0 Å². The Morgan fingerprint density at radius 3 is 2.76 bits per heavy atom. The quantitative estimate of drug-likeness (QED) is 0.449. The van der Waals surface area contributed by atoms with Gasteiger partial charge in [-0.25, -0.2) is 0 Å². The summed E-state index contributed by atoms with van der Waals surface area (Å²) < 4.78 is 6.43. The zero-order valence-corrected chi connectivity index (χ0v) is 17.4. The molecule has 0 radical (unpaired) electrons. The maximum absolute atomic E-state index is 12.2. The van der Waals surface area contributed by atoms with E-state index in [9.17, 15) is 4.79 Å². The summed E-state index contributed by atoms with van der Waals surface area (Å²) in [6, 6.07) is 12.0. The minimum Gasteiger partial charge on any atom is -0.466 e. The molecule has 0 aliphatic heterocycles. The van der Waals surface area contributed by atoms with Gasteiger partial charge < -0.3 is 4.74 Å². The highest BCUT2D eigenvalue weighted by molar-refractivity contribution is 7.19. The van der Waals surface area contributed by atoms with E-state index in [2.05, 4.69) is 17.1 Å². The standard InChI is InChI=1S/C24H24N2O2S/c1-2-28-23(27)12-19(10-16-4-3-5-16)22-11-20-14-26-15-21(24(20)29-22)18-8-6-17(13-25)7-9-18/h6-9,11,14-16,19H,2-5,10,12H2,1H3/t19-/m1/s1. The van der Waals surface area contributed by atoms with Crippen LogP contribution in [0, 0.1) is 17.2 Å². The number of fused-ring (bicyclic) bond motifs is 1. The van der Waals surface area contributed by atoms with E-state index in [0.29, 0.717) is 18.6 Å². The Morgan fingerprint density at radius 1 is 1.31 bits per heavy atom. The van der Waals surface area contributed by atoms with Crippen LogP contribution in [0.2, 0.25) is 0 Å². The van der Waals surface area contributed by atoms with Crippen LogP contribution in [0.25, 0.3) is 21.2 Å². The molecule has 0 spiro atoms. The molecule has 3 aromatic rings. The van der Waals surface area contributed by atoms with Crippen LogP contribution in [0.15, 0.2) is 42.7 Å². The van der Waals surface area contributed by atoms with E-state index in [0.717, 1.165) is 28.9 Å². The predicted molar refractivity (Wildman–Crippen MR) is 116 cm³/mol. The number of rotatable bonds is 7. The molecule has 0 unspecified atom stereocenters. The average molecular weight is 405 g/mol. The van der Waals surface area contributed by atoms with Gasteiger partial charge in [-0.2, -0.15) is 5.26 Å². The van der Waals surface area contributed by atoms with E-state index >= 15 is 0 Å². The fraction of sp³-hybridized carbons (Fsp3) is 0.375. The van der Waals surface area contributed by atoms with Crippen molar-refractivity contribution in [3.63, 3.8) is 0 Å². The Bertz CT molecular complexity index is 1040. The monoisotopic (exact) mass is 404 g/mol. The summed E-state index contributed by atoms with van der Waals surface area (Å²) in [5, 5.41) is 10.2. The molecule has 1 aromatic carbocycles. The average Bonchev–Trinajstić information content (AvgIpc) is 3.14. The molecule has 5 heteroatoms. The highest BCUT2D eigenvalue weighted by atomic mass is 32.1. The maximum Gasteiger partial charge on any atom is 0.306 e. The lowest BCUT2D eigenvalue weighted by Crippen LogP contribution is -2.17. The highest BCUT2D eigenvalue weighted by Crippen LogP contribution is 2.43. The molecular formula is C24H24N2O2S. The number of pyridine rings is 1. The van der Waals surface area contributed by atoms with Crippen molar-refractivity contribution in [2.75, 3.05) is 6.61 Å². The Labute approximate surface area is 175 Å². The highest BCUT2D eigenvalue weighted by Gasteiger charge is 2.27. The first-order valence-electron chi connectivity index (χ1n) is 10.2. The third-order valence-electron chi connectivity index (χ3n) is 5.73. The number of hydrogen-bond donors (Lipinski definition) is 0. The van der Waals surface area contributed by atoms with Crippen molar-refractivity contribution in [3.05, 3.63) is 53.2 Å². The zero-order chi connectivity index (χ0) is 20.2. The molecule has 2 aromatic heterocycles. The summed E-state index contributed by atoms with van der Waals surface area (Å²) in [4.78, 5) is 17.9. The summed E-state index contributed by atoms with van der Waals surface area (Å²) in [6.45, 7) is 2.28. The maximum atomic E-state index is 12.2. The number of aromatic nitrogens is 1. The number of ether oxygens (including phenoxy) is 1. The second kappa shape index (κ2) is 8.75. The molecule has 148 valence electrons. The molecule has 4 nitrogen and oxygen atoms in total. The predicted octanol–water partition coefficient (Wildman–Crippen LogP) is 6.06. The van der Waals surface area contributed by atoms with Gasteiger partial charge in [0.25, 0.3) is 0 Å². The summed E-state index contributed by atoms with van der Waals surface area (Å²) in [5.41, 5.74) is 2.77. The number of nitrogens with zero attached hydrogens (tertiary/aromatic N) is 2. The van der Waals surface area contributed by atoms with Crippen LogP contribution >= 0.6 is 11.3 Å². The van der Waals surface area contributed by atoms with Crippen LogP contribution in [0.3, 0.4) is 0 Å². The summed E-state index contributed by atoms with van der Waals surface area (Å²) in [5.74, 6) is 0.807. The van der Waals surface area contributed by atoms with Gasteiger partial charge in [-0.3, -0.25) is 9.78 Å². The van der Waals surface area contributed by atoms with E-state index in [1.54, 1.807) is 11.3 Å². The van der Waals surface area contributed by atoms with Crippen LogP contribution in [0.4, 0.5) is 0 Å². The third-order valence-corrected chi connectivity index (χ3v) is 7.08. The Balaban J connectivity index is 1.68. The largest absolute Gasteiger partial charge is 0.466 e. The molecular weight excluding hydrogens is 380 g/mol. The molecule has 1 fully saturated rings. The lowest BCUT2D eigenvalue weighted by atomic mass is 9.78. The normalized spacial score (nSPS) is 14.9. The van der Waals surface area contributed by atoms with Gasteiger partial charge in [-0.1, -0.05) is 31.4 Å². The van der Waals surface area contributed by atoms with Gasteiger partial charge in [0.2, 0.25) is 0 Å². The van der Waals surface area contributed by atoms with Crippen LogP contribution in [-0.4, -0.2) is 17.6 Å². The number of esters is 1. The van der Waals surface area contributed by atoms with E-state index in [-0.39, 0.29) is 11.9 Å². The SMILES string of the molecule is CCOC(=O)C[C@@H](CC1CCC1)c1cc2cncc(-c3ccc(C#N)cc3)c2s1. The molecule has 0 N–H and O–H groups in total. The van der Waals surface area contributed by atoms with E-state index in [1.165, 1.54) is 28.8 Å². The summed E-state index contributed by atoms with van der Waals surface area (Å²) in [7, 11) is 0. The Morgan fingerprint density at radius 2 is 2.10 bits per heavy atom. The van der Waals surface area contributed by atoms with Crippen molar-refractivity contribution in [2.24, 2.45) is 5.92 Å². The van der Waals surface area contributed by atoms with Gasteiger partial charge >= 0.3 is 5.97 Å². The van der Waals surface area contributed by atoms with E-state index in [4.69, 9.17) is 10.00 Å². The molecule has 0 amide bonds. The third kappa shape index (κ3) is 4.33. The second-order valence-corrected chi connectivity index (χ2v) is 8.77. The van der Waals surface area contributed by atoms with Crippen molar-refractivity contribution in [3.8, 4) is 17.2 Å². The Hall–Kier alpha value is -2.71. The fourth-order valence-corrected chi connectivity index (χ4v) is 5.24. The number of hydrogen-bond acceptors (Lipinski definition) is 5. The van der Waals surface area contributed by atoms with Gasteiger partial charge in [-0.15, -0.1) is 11.3 Å². The first-order chi connectivity index (χ1) is 14.2. The van der Waals surface area contributed by atoms with Gasteiger partial charge in [0, 0.05) is 38.8 Å². The van der Waals surface area contributed by atoms with E-state index < -0.39 is 0 Å². The van der Waals surface area contributed by atoms with Crippen LogP contribution in [-0.2, 0) is 9.53 Å². The topological polar surface area (TPSA) is 63.0 Å². The summed E-state index contributed by atoms with van der Waals surface area (Å²) >= 11 is 1.76. The number of benzene rings is 1. The molecule has 1 atom stereocenters. The van der Waals surface area contributed by atoms with Gasteiger partial charge in [-0.05, 0) is 43.0 Å². The van der Waals surface area contributed by atoms with Crippen molar-refractivity contribution in [1.29, 1.82) is 5.26 Å². The van der Waals surface area contributed by atoms with Crippen molar-refractivity contribution < 1.29 is 9.53 Å². The molecule has 2 heterocycles. The van der Waals surface area contributed by atoms with Gasteiger partial charge in [0.05, 0.1) is 24.7 Å².